The molecule has 0 atom stereocenters. The molecular weight excluding hydrogens is 262 g/mol. The number of aryl methyl sites for hydroxylation is 1. The Hall–Kier alpha value is -2.55. The Morgan fingerprint density at radius 1 is 1.00 bits per heavy atom. The molecule has 0 amide bonds. The molecule has 3 aromatic rings. The SMILES string of the molecule is COc1ccc(COc2cc(C)c3ccccc3n2)cc1. The van der Waals surface area contributed by atoms with Gasteiger partial charge in [0, 0.05) is 11.5 Å². The molecule has 2 aromatic carbocycles. The maximum atomic E-state index is 5.80. The van der Waals surface area contributed by atoms with Gasteiger partial charge in [0.2, 0.25) is 5.88 Å². The summed E-state index contributed by atoms with van der Waals surface area (Å²) in [6, 6.07) is 17.9. The van der Waals surface area contributed by atoms with Crippen LogP contribution in [-0.4, -0.2) is 12.1 Å². The largest absolute Gasteiger partial charge is 0.497 e. The van der Waals surface area contributed by atoms with E-state index in [-0.39, 0.29) is 0 Å². The molecule has 0 N–H and O–H groups in total. The minimum atomic E-state index is 0.495. The minimum absolute atomic E-state index is 0.495. The van der Waals surface area contributed by atoms with Gasteiger partial charge in [-0.05, 0) is 36.2 Å². The molecular formula is C18H17NO2. The monoisotopic (exact) mass is 279 g/mol. The molecule has 3 heteroatoms. The Kier molecular flexibility index (Phi) is 3.73. The zero-order valence-electron chi connectivity index (χ0n) is 12.2. The molecule has 0 saturated heterocycles. The molecule has 0 aliphatic rings. The van der Waals surface area contributed by atoms with E-state index in [4.69, 9.17) is 9.47 Å². The standard InChI is InChI=1S/C18H17NO2/c1-13-11-18(19-17-6-4-3-5-16(13)17)21-12-14-7-9-15(20-2)10-8-14/h3-11H,12H2,1-2H3. The number of benzene rings is 2. The quantitative estimate of drug-likeness (QED) is 0.719. The van der Waals surface area contributed by atoms with Crippen molar-refractivity contribution in [3.05, 3.63) is 65.7 Å². The van der Waals surface area contributed by atoms with Gasteiger partial charge >= 0.3 is 0 Å². The number of hydrogen-bond acceptors (Lipinski definition) is 3. The normalized spacial score (nSPS) is 10.6. The lowest BCUT2D eigenvalue weighted by Crippen LogP contribution is -1.98. The van der Waals surface area contributed by atoms with E-state index in [1.54, 1.807) is 7.11 Å². The first-order valence-electron chi connectivity index (χ1n) is 6.88. The summed E-state index contributed by atoms with van der Waals surface area (Å²) >= 11 is 0. The van der Waals surface area contributed by atoms with Gasteiger partial charge < -0.3 is 9.47 Å². The number of fused-ring (bicyclic) bond motifs is 1. The summed E-state index contributed by atoms with van der Waals surface area (Å²) in [5.41, 5.74) is 3.22. The number of aromatic nitrogens is 1. The molecule has 0 unspecified atom stereocenters. The van der Waals surface area contributed by atoms with Crippen molar-refractivity contribution >= 4 is 10.9 Å². The highest BCUT2D eigenvalue weighted by Gasteiger charge is 2.03. The van der Waals surface area contributed by atoms with Crippen molar-refractivity contribution in [3.8, 4) is 11.6 Å². The number of hydrogen-bond donors (Lipinski definition) is 0. The highest BCUT2D eigenvalue weighted by molar-refractivity contribution is 5.82. The molecule has 1 heterocycles. The second-order valence-electron chi connectivity index (χ2n) is 4.93. The lowest BCUT2D eigenvalue weighted by atomic mass is 10.1. The first-order chi connectivity index (χ1) is 10.3. The lowest BCUT2D eigenvalue weighted by Gasteiger charge is -2.09. The van der Waals surface area contributed by atoms with Crippen LogP contribution >= 0.6 is 0 Å². The van der Waals surface area contributed by atoms with Crippen LogP contribution in [0.2, 0.25) is 0 Å². The average Bonchev–Trinajstić information content (AvgIpc) is 2.53. The summed E-state index contributed by atoms with van der Waals surface area (Å²) in [5, 5.41) is 1.16. The van der Waals surface area contributed by atoms with Crippen molar-refractivity contribution in [3.63, 3.8) is 0 Å². The molecule has 1 aromatic heterocycles. The maximum Gasteiger partial charge on any atom is 0.214 e. The van der Waals surface area contributed by atoms with Crippen LogP contribution in [-0.2, 0) is 6.61 Å². The van der Waals surface area contributed by atoms with Gasteiger partial charge in [-0.3, -0.25) is 0 Å². The molecule has 0 spiro atoms. The highest BCUT2D eigenvalue weighted by Crippen LogP contribution is 2.22. The van der Waals surface area contributed by atoms with Crippen molar-refractivity contribution in [2.45, 2.75) is 13.5 Å². The van der Waals surface area contributed by atoms with Gasteiger partial charge in [-0.2, -0.15) is 0 Å². The van der Waals surface area contributed by atoms with E-state index in [0.717, 1.165) is 22.2 Å². The molecule has 0 saturated carbocycles. The van der Waals surface area contributed by atoms with Gasteiger partial charge in [0.15, 0.2) is 0 Å². The Morgan fingerprint density at radius 3 is 2.52 bits per heavy atom. The molecule has 0 aliphatic carbocycles. The van der Waals surface area contributed by atoms with Gasteiger partial charge in [-0.25, -0.2) is 4.98 Å². The summed E-state index contributed by atoms with van der Waals surface area (Å²) < 4.78 is 10.9. The Morgan fingerprint density at radius 2 is 1.76 bits per heavy atom. The minimum Gasteiger partial charge on any atom is -0.497 e. The zero-order chi connectivity index (χ0) is 14.7. The van der Waals surface area contributed by atoms with E-state index in [1.807, 2.05) is 48.5 Å². The van der Waals surface area contributed by atoms with E-state index in [1.165, 1.54) is 5.56 Å². The van der Waals surface area contributed by atoms with E-state index >= 15 is 0 Å². The molecule has 21 heavy (non-hydrogen) atoms. The number of nitrogens with zero attached hydrogens (tertiary/aromatic N) is 1. The van der Waals surface area contributed by atoms with Crippen molar-refractivity contribution in [1.29, 1.82) is 0 Å². The molecule has 3 rings (SSSR count). The predicted molar refractivity (Wildman–Crippen MR) is 83.8 cm³/mol. The van der Waals surface area contributed by atoms with E-state index < -0.39 is 0 Å². The second kappa shape index (κ2) is 5.83. The summed E-state index contributed by atoms with van der Waals surface area (Å²) in [7, 11) is 1.66. The number of methoxy groups -OCH3 is 1. The predicted octanol–water partition coefficient (Wildman–Crippen LogP) is 4.13. The van der Waals surface area contributed by atoms with Gasteiger partial charge in [0.1, 0.15) is 12.4 Å². The third-order valence-corrected chi connectivity index (χ3v) is 3.45. The Balaban J connectivity index is 1.78. The lowest BCUT2D eigenvalue weighted by molar-refractivity contribution is 0.294. The first kappa shape index (κ1) is 13.4. The van der Waals surface area contributed by atoms with Crippen LogP contribution in [0.3, 0.4) is 0 Å². The molecule has 106 valence electrons. The van der Waals surface area contributed by atoms with Crippen molar-refractivity contribution in [1.82, 2.24) is 4.98 Å². The smallest absolute Gasteiger partial charge is 0.214 e. The fourth-order valence-electron chi connectivity index (χ4n) is 2.27. The van der Waals surface area contributed by atoms with Gasteiger partial charge in [-0.15, -0.1) is 0 Å². The summed E-state index contributed by atoms with van der Waals surface area (Å²) in [4.78, 5) is 4.54. The fraction of sp³-hybridized carbons (Fsp3) is 0.167. The Labute approximate surface area is 124 Å². The average molecular weight is 279 g/mol. The van der Waals surface area contributed by atoms with Crippen molar-refractivity contribution < 1.29 is 9.47 Å². The highest BCUT2D eigenvalue weighted by atomic mass is 16.5. The van der Waals surface area contributed by atoms with Crippen LogP contribution in [0.4, 0.5) is 0 Å². The molecule has 0 bridgehead atoms. The van der Waals surface area contributed by atoms with Crippen LogP contribution in [0.1, 0.15) is 11.1 Å². The number of pyridine rings is 1. The summed E-state index contributed by atoms with van der Waals surface area (Å²) in [5.74, 6) is 1.50. The Bertz CT molecular complexity index is 751. The van der Waals surface area contributed by atoms with Gasteiger partial charge in [0.25, 0.3) is 0 Å². The van der Waals surface area contributed by atoms with Crippen molar-refractivity contribution in [2.75, 3.05) is 7.11 Å². The van der Waals surface area contributed by atoms with Crippen LogP contribution in [0.25, 0.3) is 10.9 Å². The number of para-hydroxylation sites is 1. The number of rotatable bonds is 4. The first-order valence-corrected chi connectivity index (χ1v) is 6.88. The van der Waals surface area contributed by atoms with Crippen LogP contribution < -0.4 is 9.47 Å². The topological polar surface area (TPSA) is 31.4 Å². The van der Waals surface area contributed by atoms with Gasteiger partial charge in [0.05, 0.1) is 12.6 Å². The van der Waals surface area contributed by atoms with Crippen LogP contribution in [0.15, 0.2) is 54.6 Å². The summed E-state index contributed by atoms with van der Waals surface area (Å²) in [6.07, 6.45) is 0. The molecule has 0 radical (unpaired) electrons. The number of ether oxygens (including phenoxy) is 2. The molecule has 3 nitrogen and oxygen atoms in total. The summed E-state index contributed by atoms with van der Waals surface area (Å²) in [6.45, 7) is 2.57. The van der Waals surface area contributed by atoms with E-state index in [2.05, 4.69) is 18.0 Å². The maximum absolute atomic E-state index is 5.80. The third-order valence-electron chi connectivity index (χ3n) is 3.45. The van der Waals surface area contributed by atoms with Crippen LogP contribution in [0.5, 0.6) is 11.6 Å². The van der Waals surface area contributed by atoms with Crippen LogP contribution in [0, 0.1) is 6.92 Å². The van der Waals surface area contributed by atoms with E-state index in [9.17, 15) is 0 Å². The van der Waals surface area contributed by atoms with Gasteiger partial charge in [-0.1, -0.05) is 30.3 Å². The third kappa shape index (κ3) is 2.97. The van der Waals surface area contributed by atoms with E-state index in [0.29, 0.717) is 12.5 Å². The van der Waals surface area contributed by atoms with Crippen molar-refractivity contribution in [2.24, 2.45) is 0 Å². The second-order valence-corrected chi connectivity index (χ2v) is 4.93. The molecule has 0 fully saturated rings. The fourth-order valence-corrected chi connectivity index (χ4v) is 2.27. The zero-order valence-corrected chi connectivity index (χ0v) is 12.2. The molecule has 0 aliphatic heterocycles.